The Morgan fingerprint density at radius 1 is 1.28 bits per heavy atom. The third-order valence-corrected chi connectivity index (χ3v) is 2.52. The molecule has 94 valence electrons. The second-order valence-corrected chi connectivity index (χ2v) is 3.80. The molecule has 0 atom stereocenters. The van der Waals surface area contributed by atoms with Crippen LogP contribution >= 0.6 is 0 Å². The van der Waals surface area contributed by atoms with Crippen LogP contribution in [0, 0.1) is 11.3 Å². The van der Waals surface area contributed by atoms with Gasteiger partial charge >= 0.3 is 5.97 Å². The summed E-state index contributed by atoms with van der Waals surface area (Å²) in [4.78, 5) is 11.8. The summed E-state index contributed by atoms with van der Waals surface area (Å²) in [5.41, 5.74) is 1.79. The SMILES string of the molecule is CCC/C(=C(/C#N)C(=O)OCC)c1ccccc1. The summed E-state index contributed by atoms with van der Waals surface area (Å²) in [6.45, 7) is 4.02. The molecule has 1 aromatic rings. The molecule has 0 aliphatic rings. The average Bonchev–Trinajstić information content (AvgIpc) is 2.40. The minimum atomic E-state index is -0.535. The first-order valence-electron chi connectivity index (χ1n) is 6.10. The van der Waals surface area contributed by atoms with Gasteiger partial charge in [0.25, 0.3) is 0 Å². The fourth-order valence-electron chi connectivity index (χ4n) is 1.74. The zero-order valence-electron chi connectivity index (χ0n) is 10.8. The molecule has 0 aromatic heterocycles. The summed E-state index contributed by atoms with van der Waals surface area (Å²) in [7, 11) is 0. The Morgan fingerprint density at radius 2 is 1.94 bits per heavy atom. The second kappa shape index (κ2) is 7.29. The normalized spacial score (nSPS) is 11.4. The largest absolute Gasteiger partial charge is 0.462 e. The van der Waals surface area contributed by atoms with Crippen molar-refractivity contribution in [2.24, 2.45) is 0 Å². The van der Waals surface area contributed by atoms with Gasteiger partial charge in [0.05, 0.1) is 6.61 Å². The van der Waals surface area contributed by atoms with Crippen LogP contribution in [0.4, 0.5) is 0 Å². The number of benzene rings is 1. The van der Waals surface area contributed by atoms with Gasteiger partial charge in [-0.2, -0.15) is 5.26 Å². The summed E-state index contributed by atoms with van der Waals surface area (Å²) < 4.78 is 4.92. The molecule has 0 N–H and O–H groups in total. The number of ether oxygens (including phenoxy) is 1. The van der Waals surface area contributed by atoms with E-state index < -0.39 is 5.97 Å². The lowest BCUT2D eigenvalue weighted by atomic mass is 9.96. The topological polar surface area (TPSA) is 50.1 Å². The van der Waals surface area contributed by atoms with Gasteiger partial charge in [0.2, 0.25) is 0 Å². The van der Waals surface area contributed by atoms with Gasteiger partial charge in [-0.1, -0.05) is 43.7 Å². The molecule has 0 heterocycles. The minimum Gasteiger partial charge on any atom is -0.462 e. The fourth-order valence-corrected chi connectivity index (χ4v) is 1.74. The lowest BCUT2D eigenvalue weighted by Gasteiger charge is -2.09. The van der Waals surface area contributed by atoms with E-state index in [1.54, 1.807) is 6.92 Å². The Morgan fingerprint density at radius 3 is 2.44 bits per heavy atom. The number of hydrogen-bond acceptors (Lipinski definition) is 3. The summed E-state index contributed by atoms with van der Waals surface area (Å²) in [5.74, 6) is -0.535. The Kier molecular flexibility index (Phi) is 5.66. The number of nitriles is 1. The van der Waals surface area contributed by atoms with Gasteiger partial charge in [-0.25, -0.2) is 4.79 Å². The highest BCUT2D eigenvalue weighted by molar-refractivity contribution is 6.01. The van der Waals surface area contributed by atoms with Crippen LogP contribution in [0.25, 0.3) is 5.57 Å². The minimum absolute atomic E-state index is 0.116. The van der Waals surface area contributed by atoms with E-state index >= 15 is 0 Å². The average molecular weight is 243 g/mol. The number of carbonyl (C=O) groups is 1. The molecule has 3 heteroatoms. The van der Waals surface area contributed by atoms with E-state index in [0.717, 1.165) is 17.6 Å². The number of carbonyl (C=O) groups excluding carboxylic acids is 1. The predicted octanol–water partition coefficient (Wildman–Crippen LogP) is 3.33. The van der Waals surface area contributed by atoms with Crippen LogP contribution in [-0.4, -0.2) is 12.6 Å². The van der Waals surface area contributed by atoms with Crippen molar-refractivity contribution in [3.63, 3.8) is 0 Å². The lowest BCUT2D eigenvalue weighted by molar-refractivity contribution is -0.137. The highest BCUT2D eigenvalue weighted by Crippen LogP contribution is 2.24. The number of esters is 1. The van der Waals surface area contributed by atoms with E-state index in [0.29, 0.717) is 6.42 Å². The van der Waals surface area contributed by atoms with Crippen LogP contribution in [0.1, 0.15) is 32.3 Å². The molecule has 0 radical (unpaired) electrons. The van der Waals surface area contributed by atoms with Crippen molar-refractivity contribution < 1.29 is 9.53 Å². The van der Waals surface area contributed by atoms with Crippen LogP contribution in [0.15, 0.2) is 35.9 Å². The number of rotatable bonds is 5. The molecule has 0 saturated carbocycles. The molecular weight excluding hydrogens is 226 g/mol. The Hall–Kier alpha value is -2.08. The van der Waals surface area contributed by atoms with Crippen LogP contribution in [0.3, 0.4) is 0 Å². The van der Waals surface area contributed by atoms with E-state index in [9.17, 15) is 10.1 Å². The zero-order valence-corrected chi connectivity index (χ0v) is 10.8. The van der Waals surface area contributed by atoms with Crippen molar-refractivity contribution in [2.45, 2.75) is 26.7 Å². The summed E-state index contributed by atoms with van der Waals surface area (Å²) in [6, 6.07) is 11.5. The molecule has 0 spiro atoms. The van der Waals surface area contributed by atoms with E-state index in [-0.39, 0.29) is 12.2 Å². The molecule has 0 saturated heterocycles. The molecule has 0 bridgehead atoms. The molecule has 0 unspecified atom stereocenters. The monoisotopic (exact) mass is 243 g/mol. The Labute approximate surface area is 108 Å². The van der Waals surface area contributed by atoms with Crippen LogP contribution < -0.4 is 0 Å². The van der Waals surface area contributed by atoms with Gasteiger partial charge in [0, 0.05) is 0 Å². The fraction of sp³-hybridized carbons (Fsp3) is 0.333. The summed E-state index contributed by atoms with van der Waals surface area (Å²) in [6.07, 6.45) is 1.56. The molecule has 1 aromatic carbocycles. The molecular formula is C15H17NO2. The van der Waals surface area contributed by atoms with E-state index in [4.69, 9.17) is 4.74 Å². The Balaban J connectivity index is 3.23. The van der Waals surface area contributed by atoms with Gasteiger partial charge in [0.1, 0.15) is 11.6 Å². The number of allylic oxidation sites excluding steroid dienone is 1. The maximum absolute atomic E-state index is 11.8. The van der Waals surface area contributed by atoms with E-state index in [2.05, 4.69) is 0 Å². The molecule has 18 heavy (non-hydrogen) atoms. The van der Waals surface area contributed by atoms with Gasteiger partial charge in [-0.15, -0.1) is 0 Å². The molecule has 0 aliphatic heterocycles. The highest BCUT2D eigenvalue weighted by Gasteiger charge is 2.17. The van der Waals surface area contributed by atoms with Crippen LogP contribution in [-0.2, 0) is 9.53 Å². The van der Waals surface area contributed by atoms with E-state index in [1.165, 1.54) is 0 Å². The van der Waals surface area contributed by atoms with Gasteiger partial charge < -0.3 is 4.74 Å². The second-order valence-electron chi connectivity index (χ2n) is 3.80. The third-order valence-electron chi connectivity index (χ3n) is 2.52. The van der Waals surface area contributed by atoms with Crippen LogP contribution in [0.2, 0.25) is 0 Å². The van der Waals surface area contributed by atoms with Crippen molar-refractivity contribution in [1.29, 1.82) is 5.26 Å². The molecule has 0 fully saturated rings. The molecule has 3 nitrogen and oxygen atoms in total. The van der Waals surface area contributed by atoms with Crippen LogP contribution in [0.5, 0.6) is 0 Å². The zero-order chi connectivity index (χ0) is 13.4. The first-order valence-corrected chi connectivity index (χ1v) is 6.10. The van der Waals surface area contributed by atoms with Crippen molar-refractivity contribution in [3.8, 4) is 6.07 Å². The van der Waals surface area contributed by atoms with Crippen molar-refractivity contribution >= 4 is 11.5 Å². The number of hydrogen-bond donors (Lipinski definition) is 0. The first-order chi connectivity index (χ1) is 8.74. The van der Waals surface area contributed by atoms with Gasteiger partial charge in [-0.3, -0.25) is 0 Å². The van der Waals surface area contributed by atoms with Crippen molar-refractivity contribution in [3.05, 3.63) is 41.5 Å². The standard InChI is InChI=1S/C15H17NO2/c1-3-8-13(12-9-6-5-7-10-12)14(11-16)15(17)18-4-2/h5-7,9-10H,3-4,8H2,1-2H3/b14-13+. The molecule has 0 aliphatic carbocycles. The maximum atomic E-state index is 11.8. The Bertz CT molecular complexity index is 469. The summed E-state index contributed by atoms with van der Waals surface area (Å²) >= 11 is 0. The lowest BCUT2D eigenvalue weighted by Crippen LogP contribution is -2.09. The predicted molar refractivity (Wildman–Crippen MR) is 70.5 cm³/mol. The van der Waals surface area contributed by atoms with Gasteiger partial charge in [0.15, 0.2) is 0 Å². The summed E-state index contributed by atoms with van der Waals surface area (Å²) in [5, 5.41) is 9.17. The smallest absolute Gasteiger partial charge is 0.349 e. The molecule has 0 amide bonds. The maximum Gasteiger partial charge on any atom is 0.349 e. The van der Waals surface area contributed by atoms with Crippen molar-refractivity contribution in [1.82, 2.24) is 0 Å². The number of nitrogens with zero attached hydrogens (tertiary/aromatic N) is 1. The van der Waals surface area contributed by atoms with E-state index in [1.807, 2.05) is 43.3 Å². The van der Waals surface area contributed by atoms with Gasteiger partial charge in [-0.05, 0) is 24.5 Å². The highest BCUT2D eigenvalue weighted by atomic mass is 16.5. The third kappa shape index (κ3) is 3.46. The molecule has 1 rings (SSSR count). The van der Waals surface area contributed by atoms with Crippen molar-refractivity contribution in [2.75, 3.05) is 6.61 Å². The first kappa shape index (κ1) is 14.0. The quantitative estimate of drug-likeness (QED) is 0.453.